The van der Waals surface area contributed by atoms with Gasteiger partial charge in [0, 0.05) is 12.8 Å². The lowest BCUT2D eigenvalue weighted by Gasteiger charge is -1.92. The third-order valence-electron chi connectivity index (χ3n) is 3.30. The van der Waals surface area contributed by atoms with Crippen molar-refractivity contribution < 1.29 is 14.3 Å². The molecule has 0 amide bonds. The third kappa shape index (κ3) is 18.3. The lowest BCUT2D eigenvalue weighted by atomic mass is 10.2. The number of hydrogen-bond donors (Lipinski definition) is 1. The molecule has 0 aromatic carbocycles. The number of carboxylic acid groups (broad SMARTS) is 1. The highest BCUT2D eigenvalue weighted by atomic mass is 19.1. The summed E-state index contributed by atoms with van der Waals surface area (Å²) in [5.74, 6) is -0.893. The van der Waals surface area contributed by atoms with Gasteiger partial charge in [-0.25, -0.2) is 4.39 Å². The minimum Gasteiger partial charge on any atom is -0.481 e. The molecule has 0 bridgehead atoms. The van der Waals surface area contributed by atoms with Gasteiger partial charge in [-0.2, -0.15) is 0 Å². The lowest BCUT2D eigenvalue weighted by molar-refractivity contribution is -0.137. The van der Waals surface area contributed by atoms with Crippen LogP contribution in [0.15, 0.2) is 48.4 Å². The molecule has 0 aromatic rings. The molecule has 0 saturated heterocycles. The molecule has 0 aliphatic carbocycles. The molecule has 0 heterocycles. The van der Waals surface area contributed by atoms with Crippen LogP contribution in [0, 0.1) is 0 Å². The number of rotatable bonds is 14. The zero-order chi connectivity index (χ0) is 17.2. The third-order valence-corrected chi connectivity index (χ3v) is 3.30. The van der Waals surface area contributed by atoms with Crippen LogP contribution in [0.25, 0.3) is 0 Å². The second-order valence-corrected chi connectivity index (χ2v) is 5.52. The number of halogens is 1. The predicted octanol–water partition coefficient (Wildman–Crippen LogP) is 6.51. The minimum absolute atomic E-state index is 0.122. The number of carboxylic acids is 1. The van der Waals surface area contributed by atoms with E-state index < -0.39 is 5.97 Å². The molecule has 2 nitrogen and oxygen atoms in total. The van der Waals surface area contributed by atoms with Gasteiger partial charge in [-0.1, -0.05) is 56.2 Å². The Hall–Kier alpha value is -1.64. The maximum absolute atomic E-state index is 13.5. The second kappa shape index (κ2) is 16.7. The zero-order valence-corrected chi connectivity index (χ0v) is 14.3. The van der Waals surface area contributed by atoms with Crippen molar-refractivity contribution >= 4 is 5.97 Å². The summed E-state index contributed by atoms with van der Waals surface area (Å²) in [6, 6.07) is 0. The van der Waals surface area contributed by atoms with Gasteiger partial charge in [0.2, 0.25) is 0 Å². The van der Waals surface area contributed by atoms with Crippen LogP contribution in [0.1, 0.15) is 71.1 Å². The van der Waals surface area contributed by atoms with Gasteiger partial charge in [-0.15, -0.1) is 0 Å². The average Bonchev–Trinajstić information content (AvgIpc) is 2.52. The summed E-state index contributed by atoms with van der Waals surface area (Å²) in [6.45, 7) is 2.20. The summed E-state index contributed by atoms with van der Waals surface area (Å²) in [5.41, 5.74) is 0. The van der Waals surface area contributed by atoms with E-state index in [0.29, 0.717) is 19.3 Å². The minimum atomic E-state index is -0.771. The van der Waals surface area contributed by atoms with Crippen LogP contribution in [0.3, 0.4) is 0 Å². The van der Waals surface area contributed by atoms with Crippen molar-refractivity contribution in [2.75, 3.05) is 0 Å². The Balaban J connectivity index is 3.63. The highest BCUT2D eigenvalue weighted by Gasteiger charge is 1.93. The van der Waals surface area contributed by atoms with Crippen molar-refractivity contribution in [3.05, 3.63) is 48.4 Å². The van der Waals surface area contributed by atoms with E-state index in [0.717, 1.165) is 19.3 Å². The molecule has 130 valence electrons. The Labute approximate surface area is 140 Å². The highest BCUT2D eigenvalue weighted by Crippen LogP contribution is 2.07. The van der Waals surface area contributed by atoms with Crippen molar-refractivity contribution in [2.24, 2.45) is 0 Å². The quantitative estimate of drug-likeness (QED) is 0.292. The molecular formula is C20H31FO2. The summed E-state index contributed by atoms with van der Waals surface area (Å²) in [7, 11) is 0. The average molecular weight is 322 g/mol. The van der Waals surface area contributed by atoms with Crippen molar-refractivity contribution in [3.8, 4) is 0 Å². The smallest absolute Gasteiger partial charge is 0.303 e. The molecule has 0 spiro atoms. The Kier molecular flexibility index (Phi) is 15.5. The van der Waals surface area contributed by atoms with E-state index in [9.17, 15) is 9.18 Å². The van der Waals surface area contributed by atoms with E-state index in [4.69, 9.17) is 5.11 Å². The molecule has 0 fully saturated rings. The monoisotopic (exact) mass is 322 g/mol. The Morgan fingerprint density at radius 2 is 1.57 bits per heavy atom. The van der Waals surface area contributed by atoms with Crippen molar-refractivity contribution in [3.63, 3.8) is 0 Å². The van der Waals surface area contributed by atoms with Crippen LogP contribution in [0.2, 0.25) is 0 Å². The topological polar surface area (TPSA) is 37.3 Å². The van der Waals surface area contributed by atoms with Gasteiger partial charge in [0.1, 0.15) is 5.83 Å². The van der Waals surface area contributed by atoms with Crippen LogP contribution >= 0.6 is 0 Å². The highest BCUT2D eigenvalue weighted by molar-refractivity contribution is 5.66. The fraction of sp³-hybridized carbons (Fsp3) is 0.550. The Bertz CT molecular complexity index is 406. The first kappa shape index (κ1) is 21.4. The van der Waals surface area contributed by atoms with Crippen molar-refractivity contribution in [1.82, 2.24) is 0 Å². The van der Waals surface area contributed by atoms with Gasteiger partial charge in [-0.05, 0) is 44.6 Å². The second-order valence-electron chi connectivity index (χ2n) is 5.52. The number of aliphatic carboxylic acids is 1. The first-order chi connectivity index (χ1) is 11.2. The van der Waals surface area contributed by atoms with E-state index in [2.05, 4.69) is 19.1 Å². The van der Waals surface area contributed by atoms with Crippen LogP contribution in [0.5, 0.6) is 0 Å². The Morgan fingerprint density at radius 3 is 2.26 bits per heavy atom. The van der Waals surface area contributed by atoms with E-state index in [1.54, 1.807) is 6.08 Å². The summed E-state index contributed by atoms with van der Waals surface area (Å²) in [5, 5.41) is 8.48. The summed E-state index contributed by atoms with van der Waals surface area (Å²) < 4.78 is 13.5. The molecule has 0 aliphatic heterocycles. The number of unbranched alkanes of at least 4 members (excludes halogenated alkanes) is 4. The van der Waals surface area contributed by atoms with Gasteiger partial charge >= 0.3 is 5.97 Å². The van der Waals surface area contributed by atoms with E-state index in [1.165, 1.54) is 19.3 Å². The molecule has 0 saturated carbocycles. The van der Waals surface area contributed by atoms with Crippen LogP contribution < -0.4 is 0 Å². The van der Waals surface area contributed by atoms with Crippen molar-refractivity contribution in [1.29, 1.82) is 0 Å². The molecular weight excluding hydrogens is 291 g/mol. The van der Waals surface area contributed by atoms with Crippen LogP contribution in [-0.4, -0.2) is 11.1 Å². The molecule has 0 aromatic heterocycles. The molecule has 3 heteroatoms. The van der Waals surface area contributed by atoms with Gasteiger partial charge in [0.25, 0.3) is 0 Å². The van der Waals surface area contributed by atoms with Gasteiger partial charge in [-0.3, -0.25) is 4.79 Å². The van der Waals surface area contributed by atoms with E-state index in [1.807, 2.05) is 24.3 Å². The summed E-state index contributed by atoms with van der Waals surface area (Å²) in [6.07, 6.45) is 21.8. The molecule has 0 aliphatic rings. The molecule has 0 atom stereocenters. The fourth-order valence-corrected chi connectivity index (χ4v) is 1.96. The van der Waals surface area contributed by atoms with Gasteiger partial charge in [0.15, 0.2) is 0 Å². The van der Waals surface area contributed by atoms with E-state index >= 15 is 0 Å². The van der Waals surface area contributed by atoms with Crippen LogP contribution in [-0.2, 0) is 4.79 Å². The number of hydrogen-bond acceptors (Lipinski definition) is 1. The summed E-state index contributed by atoms with van der Waals surface area (Å²) >= 11 is 0. The number of carbonyl (C=O) groups is 1. The molecule has 23 heavy (non-hydrogen) atoms. The fourth-order valence-electron chi connectivity index (χ4n) is 1.96. The standard InChI is InChI=1S/C20H31FO2/c1-2-3-4-5-6-7-8-10-13-16-19(21)17-14-11-9-12-15-18-20(22)23/h6-7,9-11,13,17H,2-5,8,12,14-16,18H2,1H3,(H,22,23)/b7-6-,11-9-,13-10-,19-17+. The van der Waals surface area contributed by atoms with E-state index in [-0.39, 0.29) is 12.2 Å². The maximum Gasteiger partial charge on any atom is 0.303 e. The normalized spacial score (nSPS) is 12.9. The van der Waals surface area contributed by atoms with Gasteiger partial charge < -0.3 is 5.11 Å². The Morgan fingerprint density at radius 1 is 0.913 bits per heavy atom. The zero-order valence-electron chi connectivity index (χ0n) is 14.3. The summed E-state index contributed by atoms with van der Waals surface area (Å²) in [4.78, 5) is 10.3. The van der Waals surface area contributed by atoms with Crippen LogP contribution in [0.4, 0.5) is 4.39 Å². The predicted molar refractivity (Wildman–Crippen MR) is 96.1 cm³/mol. The first-order valence-corrected chi connectivity index (χ1v) is 8.68. The number of allylic oxidation sites excluding steroid dienone is 8. The molecule has 0 unspecified atom stereocenters. The largest absolute Gasteiger partial charge is 0.481 e. The molecule has 1 N–H and O–H groups in total. The van der Waals surface area contributed by atoms with Crippen molar-refractivity contribution in [2.45, 2.75) is 71.1 Å². The first-order valence-electron chi connectivity index (χ1n) is 8.68. The van der Waals surface area contributed by atoms with Gasteiger partial charge in [0.05, 0.1) is 0 Å². The molecule has 0 radical (unpaired) electrons. The lowest BCUT2D eigenvalue weighted by Crippen LogP contribution is -1.92. The maximum atomic E-state index is 13.5. The molecule has 0 rings (SSSR count). The SMILES string of the molecule is CCCCC/C=C\C/C=C\C/C(F)=C\C/C=C\CCCC(=O)O.